The number of benzene rings is 1. The van der Waals surface area contributed by atoms with Gasteiger partial charge in [0.05, 0.1) is 24.6 Å². The van der Waals surface area contributed by atoms with E-state index in [4.69, 9.17) is 14.8 Å². The molecule has 3 aromatic rings. The van der Waals surface area contributed by atoms with Gasteiger partial charge in [0.25, 0.3) is 0 Å². The molecule has 0 N–H and O–H groups in total. The molecule has 0 radical (unpaired) electrons. The minimum absolute atomic E-state index is 0.194. The third-order valence-corrected chi connectivity index (χ3v) is 5.81. The van der Waals surface area contributed by atoms with Crippen LogP contribution in [-0.4, -0.2) is 51.9 Å². The molecule has 1 aliphatic heterocycles. The first kappa shape index (κ1) is 19.6. The molecule has 1 saturated heterocycles. The lowest BCUT2D eigenvalue weighted by Crippen LogP contribution is -2.40. The Hall–Kier alpha value is -2.73. The number of nitrogens with zero attached hydrogens (tertiary/aromatic N) is 4. The molecule has 1 amide bonds. The minimum Gasteiger partial charge on any atom is -0.378 e. The Morgan fingerprint density at radius 2 is 1.72 bits per heavy atom. The van der Waals surface area contributed by atoms with Gasteiger partial charge in [-0.25, -0.2) is 9.67 Å². The summed E-state index contributed by atoms with van der Waals surface area (Å²) >= 11 is 0. The highest BCUT2D eigenvalue weighted by Gasteiger charge is 2.20. The van der Waals surface area contributed by atoms with Gasteiger partial charge in [0, 0.05) is 30.6 Å². The largest absolute Gasteiger partial charge is 0.378 e. The van der Waals surface area contributed by atoms with Crippen molar-refractivity contribution < 1.29 is 9.53 Å². The van der Waals surface area contributed by atoms with E-state index in [-0.39, 0.29) is 5.91 Å². The van der Waals surface area contributed by atoms with Gasteiger partial charge < -0.3 is 9.64 Å². The van der Waals surface area contributed by atoms with Gasteiger partial charge in [-0.2, -0.15) is 5.10 Å². The van der Waals surface area contributed by atoms with E-state index < -0.39 is 0 Å². The van der Waals surface area contributed by atoms with Crippen LogP contribution in [0.2, 0.25) is 0 Å². The first-order chi connectivity index (χ1) is 14.0. The number of aromatic nitrogens is 3. The van der Waals surface area contributed by atoms with E-state index in [1.54, 1.807) is 0 Å². The fraction of sp³-hybridized carbons (Fsp3) is 0.435. The zero-order valence-corrected chi connectivity index (χ0v) is 17.7. The zero-order chi connectivity index (χ0) is 20.5. The van der Waals surface area contributed by atoms with Crippen LogP contribution in [0.3, 0.4) is 0 Å². The predicted molar refractivity (Wildman–Crippen MR) is 114 cm³/mol. The number of carbonyl (C=O) groups excluding carboxylic acids is 1. The summed E-state index contributed by atoms with van der Waals surface area (Å²) in [7, 11) is 0. The molecule has 0 unspecified atom stereocenters. The molecule has 1 fully saturated rings. The summed E-state index contributed by atoms with van der Waals surface area (Å²) in [5.41, 5.74) is 7.38. The normalized spacial score (nSPS) is 14.6. The molecule has 0 bridgehead atoms. The van der Waals surface area contributed by atoms with Gasteiger partial charge in [-0.3, -0.25) is 4.79 Å². The molecule has 1 aromatic carbocycles. The van der Waals surface area contributed by atoms with Crippen LogP contribution in [0.5, 0.6) is 0 Å². The van der Waals surface area contributed by atoms with Crippen molar-refractivity contribution >= 4 is 16.9 Å². The van der Waals surface area contributed by atoms with Crippen LogP contribution < -0.4 is 0 Å². The molecule has 0 spiro atoms. The smallest absolute Gasteiger partial charge is 0.223 e. The maximum Gasteiger partial charge on any atom is 0.223 e. The quantitative estimate of drug-likeness (QED) is 0.682. The second kappa shape index (κ2) is 7.95. The SMILES string of the molecule is Cc1ccc(-n2nc(C)c3c(C)c(CCC(=O)N4CCOCC4)c(C)nc32)cc1. The Balaban J connectivity index is 1.65. The highest BCUT2D eigenvalue weighted by molar-refractivity contribution is 5.85. The second-order valence-corrected chi connectivity index (χ2v) is 7.83. The number of morpholine rings is 1. The molecular formula is C23H28N4O2. The van der Waals surface area contributed by atoms with Gasteiger partial charge in [-0.15, -0.1) is 0 Å². The van der Waals surface area contributed by atoms with Gasteiger partial charge in [0.1, 0.15) is 0 Å². The Morgan fingerprint density at radius 3 is 2.41 bits per heavy atom. The molecule has 0 aliphatic carbocycles. The molecule has 2 aromatic heterocycles. The number of hydrogen-bond acceptors (Lipinski definition) is 4. The highest BCUT2D eigenvalue weighted by Crippen LogP contribution is 2.28. The Kier molecular flexibility index (Phi) is 5.37. The maximum absolute atomic E-state index is 12.6. The van der Waals surface area contributed by atoms with Crippen LogP contribution in [0.25, 0.3) is 16.7 Å². The molecule has 6 nitrogen and oxygen atoms in total. The summed E-state index contributed by atoms with van der Waals surface area (Å²) in [6.07, 6.45) is 1.20. The highest BCUT2D eigenvalue weighted by atomic mass is 16.5. The Bertz CT molecular complexity index is 1050. The van der Waals surface area contributed by atoms with Crippen molar-refractivity contribution in [3.05, 3.63) is 52.3 Å². The average Bonchev–Trinajstić information content (AvgIpc) is 3.05. The molecule has 0 atom stereocenters. The third-order valence-electron chi connectivity index (χ3n) is 5.81. The number of aryl methyl sites for hydroxylation is 4. The Labute approximate surface area is 171 Å². The molecule has 6 heteroatoms. The van der Waals surface area contributed by atoms with E-state index in [1.165, 1.54) is 11.1 Å². The maximum atomic E-state index is 12.6. The first-order valence-corrected chi connectivity index (χ1v) is 10.2. The van der Waals surface area contributed by atoms with Gasteiger partial charge >= 0.3 is 0 Å². The van der Waals surface area contributed by atoms with E-state index in [2.05, 4.69) is 38.1 Å². The van der Waals surface area contributed by atoms with Gasteiger partial charge in [-0.05, 0) is 57.4 Å². The average molecular weight is 393 g/mol. The Morgan fingerprint density at radius 1 is 1.03 bits per heavy atom. The molecule has 29 heavy (non-hydrogen) atoms. The number of pyridine rings is 1. The summed E-state index contributed by atoms with van der Waals surface area (Å²) in [5, 5.41) is 5.85. The lowest BCUT2D eigenvalue weighted by atomic mass is 9.99. The standard InChI is InChI=1S/C23H28N4O2/c1-15-5-7-19(8-6-15)27-23-22(18(4)25-27)16(2)20(17(3)24-23)9-10-21(28)26-11-13-29-14-12-26/h5-8H,9-14H2,1-4H3. The number of rotatable bonds is 4. The van der Waals surface area contributed by atoms with Gasteiger partial charge in [0.2, 0.25) is 5.91 Å². The van der Waals surface area contributed by atoms with Crippen molar-refractivity contribution in [2.75, 3.05) is 26.3 Å². The predicted octanol–water partition coefficient (Wildman–Crippen LogP) is 3.45. The minimum atomic E-state index is 0.194. The zero-order valence-electron chi connectivity index (χ0n) is 17.7. The van der Waals surface area contributed by atoms with E-state index >= 15 is 0 Å². The fourth-order valence-corrected chi connectivity index (χ4v) is 4.14. The topological polar surface area (TPSA) is 60.2 Å². The van der Waals surface area contributed by atoms with Crippen LogP contribution >= 0.6 is 0 Å². The van der Waals surface area contributed by atoms with Crippen LogP contribution in [0.1, 0.15) is 34.5 Å². The van der Waals surface area contributed by atoms with Gasteiger partial charge in [0.15, 0.2) is 5.65 Å². The van der Waals surface area contributed by atoms with E-state index in [0.717, 1.165) is 33.7 Å². The lowest BCUT2D eigenvalue weighted by Gasteiger charge is -2.27. The van der Waals surface area contributed by atoms with Crippen LogP contribution in [0, 0.1) is 27.7 Å². The molecular weight excluding hydrogens is 364 g/mol. The van der Waals surface area contributed by atoms with E-state index in [0.29, 0.717) is 39.1 Å². The molecule has 3 heterocycles. The number of ether oxygens (including phenoxy) is 1. The van der Waals surface area contributed by atoms with Crippen molar-refractivity contribution in [2.24, 2.45) is 0 Å². The first-order valence-electron chi connectivity index (χ1n) is 10.2. The third kappa shape index (κ3) is 3.77. The molecule has 0 saturated carbocycles. The van der Waals surface area contributed by atoms with Crippen molar-refractivity contribution in [2.45, 2.75) is 40.5 Å². The molecule has 152 valence electrons. The summed E-state index contributed by atoms with van der Waals surface area (Å²) in [6.45, 7) is 10.9. The molecule has 1 aliphatic rings. The monoisotopic (exact) mass is 392 g/mol. The second-order valence-electron chi connectivity index (χ2n) is 7.83. The molecule has 4 rings (SSSR count). The van der Waals surface area contributed by atoms with Crippen molar-refractivity contribution in [1.29, 1.82) is 0 Å². The van der Waals surface area contributed by atoms with Crippen molar-refractivity contribution in [3.8, 4) is 5.69 Å². The van der Waals surface area contributed by atoms with Crippen molar-refractivity contribution in [3.63, 3.8) is 0 Å². The summed E-state index contributed by atoms with van der Waals surface area (Å²) in [4.78, 5) is 19.4. The number of fused-ring (bicyclic) bond motifs is 1. The van der Waals surface area contributed by atoms with Crippen LogP contribution in [-0.2, 0) is 16.0 Å². The summed E-state index contributed by atoms with van der Waals surface area (Å²) in [5.74, 6) is 0.194. The lowest BCUT2D eigenvalue weighted by molar-refractivity contribution is -0.135. The van der Waals surface area contributed by atoms with Crippen LogP contribution in [0.4, 0.5) is 0 Å². The van der Waals surface area contributed by atoms with Gasteiger partial charge in [-0.1, -0.05) is 17.7 Å². The number of carbonyl (C=O) groups is 1. The summed E-state index contributed by atoms with van der Waals surface area (Å²) < 4.78 is 7.27. The fourth-order valence-electron chi connectivity index (χ4n) is 4.14. The number of amides is 1. The van der Waals surface area contributed by atoms with Crippen molar-refractivity contribution in [1.82, 2.24) is 19.7 Å². The van der Waals surface area contributed by atoms with Crippen LogP contribution in [0.15, 0.2) is 24.3 Å². The number of hydrogen-bond donors (Lipinski definition) is 0. The summed E-state index contributed by atoms with van der Waals surface area (Å²) in [6, 6.07) is 8.32. The van der Waals surface area contributed by atoms with E-state index in [9.17, 15) is 4.79 Å². The van der Waals surface area contributed by atoms with E-state index in [1.807, 2.05) is 23.4 Å².